The van der Waals surface area contributed by atoms with Crippen LogP contribution in [0.25, 0.3) is 0 Å². The van der Waals surface area contributed by atoms with Crippen LogP contribution in [0.15, 0.2) is 47.4 Å². The van der Waals surface area contributed by atoms with Crippen molar-refractivity contribution in [3.8, 4) is 0 Å². The van der Waals surface area contributed by atoms with E-state index in [9.17, 15) is 9.59 Å². The zero-order valence-electron chi connectivity index (χ0n) is 15.6. The summed E-state index contributed by atoms with van der Waals surface area (Å²) in [6, 6.07) is 14.5. The van der Waals surface area contributed by atoms with Crippen LogP contribution in [0.2, 0.25) is 0 Å². The van der Waals surface area contributed by atoms with E-state index < -0.39 is 0 Å². The maximum absolute atomic E-state index is 11.9. The molecule has 5 heteroatoms. The average Bonchev–Trinajstić information content (AvgIpc) is 3.14. The van der Waals surface area contributed by atoms with Gasteiger partial charge in [-0.1, -0.05) is 30.3 Å². The van der Waals surface area contributed by atoms with Gasteiger partial charge in [0.2, 0.25) is 0 Å². The second kappa shape index (κ2) is 9.60. The van der Waals surface area contributed by atoms with Crippen molar-refractivity contribution < 1.29 is 14.3 Å². The van der Waals surface area contributed by atoms with Crippen molar-refractivity contribution >= 4 is 23.6 Å². The molecule has 27 heavy (non-hydrogen) atoms. The van der Waals surface area contributed by atoms with Crippen molar-refractivity contribution in [2.24, 2.45) is 0 Å². The van der Waals surface area contributed by atoms with Gasteiger partial charge in [-0.3, -0.25) is 9.59 Å². The van der Waals surface area contributed by atoms with E-state index in [2.05, 4.69) is 42.6 Å². The maximum atomic E-state index is 11.9. The van der Waals surface area contributed by atoms with Crippen LogP contribution in [0.3, 0.4) is 0 Å². The summed E-state index contributed by atoms with van der Waals surface area (Å²) in [4.78, 5) is 24.8. The Kier molecular flexibility index (Phi) is 6.93. The maximum Gasteiger partial charge on any atom is 0.316 e. The second-order valence-corrected chi connectivity index (χ2v) is 7.81. The van der Waals surface area contributed by atoms with Gasteiger partial charge in [0, 0.05) is 11.4 Å². The lowest BCUT2D eigenvalue weighted by molar-refractivity contribution is -0.145. The molecule has 1 amide bonds. The minimum atomic E-state index is -0.366. The molecule has 1 aliphatic carbocycles. The van der Waals surface area contributed by atoms with Crippen molar-refractivity contribution in [1.82, 2.24) is 5.32 Å². The fourth-order valence-corrected chi connectivity index (χ4v) is 4.00. The monoisotopic (exact) mass is 383 g/mol. The van der Waals surface area contributed by atoms with E-state index in [1.807, 2.05) is 12.1 Å². The van der Waals surface area contributed by atoms with E-state index in [4.69, 9.17) is 4.74 Å². The third-order valence-electron chi connectivity index (χ3n) is 4.77. The van der Waals surface area contributed by atoms with Crippen LogP contribution >= 0.6 is 11.8 Å². The summed E-state index contributed by atoms with van der Waals surface area (Å²) in [5.74, 6) is -0.413. The van der Waals surface area contributed by atoms with Crippen molar-refractivity contribution in [2.45, 2.75) is 37.5 Å². The second-order valence-electron chi connectivity index (χ2n) is 6.76. The Bertz CT molecular complexity index is 819. The number of thioether (sulfide) groups is 1. The first-order valence-electron chi connectivity index (χ1n) is 9.33. The number of benzene rings is 2. The largest absolute Gasteiger partial charge is 0.455 e. The molecule has 0 atom stereocenters. The first-order chi connectivity index (χ1) is 13.1. The van der Waals surface area contributed by atoms with Gasteiger partial charge in [0.25, 0.3) is 5.91 Å². The minimum Gasteiger partial charge on any atom is -0.455 e. The molecule has 1 aliphatic rings. The van der Waals surface area contributed by atoms with E-state index >= 15 is 0 Å². The smallest absolute Gasteiger partial charge is 0.316 e. The Morgan fingerprint density at radius 3 is 2.78 bits per heavy atom. The van der Waals surface area contributed by atoms with Gasteiger partial charge in [-0.2, -0.15) is 0 Å². The lowest BCUT2D eigenvalue weighted by Gasteiger charge is -2.08. The third kappa shape index (κ3) is 5.86. The van der Waals surface area contributed by atoms with Gasteiger partial charge in [-0.25, -0.2) is 0 Å². The average molecular weight is 384 g/mol. The van der Waals surface area contributed by atoms with E-state index in [1.54, 1.807) is 0 Å². The lowest BCUT2D eigenvalue weighted by Crippen LogP contribution is -2.30. The standard InChI is InChI=1S/C22H25NO3S/c1-16-5-2-3-6-17(16)11-12-23-21(24)14-26-22(25)15-27-20-10-9-18-7-4-8-19(18)13-20/h2-3,5-6,9-10,13H,4,7-8,11-12,14-15H2,1H3,(H,23,24). The number of nitrogens with one attached hydrogen (secondary N) is 1. The van der Waals surface area contributed by atoms with E-state index in [0.29, 0.717) is 6.54 Å². The van der Waals surface area contributed by atoms with Crippen LogP contribution in [0, 0.1) is 6.92 Å². The van der Waals surface area contributed by atoms with Gasteiger partial charge in [-0.15, -0.1) is 11.8 Å². The van der Waals surface area contributed by atoms with Crippen LogP contribution in [-0.4, -0.2) is 30.8 Å². The number of carbonyl (C=O) groups excluding carboxylic acids is 2. The molecule has 0 fully saturated rings. The van der Waals surface area contributed by atoms with Crippen molar-refractivity contribution in [1.29, 1.82) is 0 Å². The molecule has 0 radical (unpaired) electrons. The summed E-state index contributed by atoms with van der Waals surface area (Å²) in [7, 11) is 0. The molecule has 0 unspecified atom stereocenters. The summed E-state index contributed by atoms with van der Waals surface area (Å²) in [6.45, 7) is 2.36. The van der Waals surface area contributed by atoms with Crippen LogP contribution in [0.5, 0.6) is 0 Å². The molecule has 4 nitrogen and oxygen atoms in total. The number of esters is 1. The van der Waals surface area contributed by atoms with Crippen LogP contribution in [0.4, 0.5) is 0 Å². The van der Waals surface area contributed by atoms with Gasteiger partial charge in [0.15, 0.2) is 6.61 Å². The minimum absolute atomic E-state index is 0.218. The fourth-order valence-electron chi connectivity index (χ4n) is 3.25. The zero-order valence-corrected chi connectivity index (χ0v) is 16.4. The van der Waals surface area contributed by atoms with E-state index in [-0.39, 0.29) is 24.2 Å². The molecule has 3 rings (SSSR count). The predicted octanol–water partition coefficient (Wildman–Crippen LogP) is 3.48. The summed E-state index contributed by atoms with van der Waals surface area (Å²) in [5, 5.41) is 2.79. The number of hydrogen-bond donors (Lipinski definition) is 1. The lowest BCUT2D eigenvalue weighted by atomic mass is 10.1. The number of ether oxygens (including phenoxy) is 1. The number of amides is 1. The summed E-state index contributed by atoms with van der Waals surface area (Å²) in [5.41, 5.74) is 5.23. The van der Waals surface area contributed by atoms with Gasteiger partial charge in [-0.05, 0) is 67.0 Å². The Morgan fingerprint density at radius 1 is 1.11 bits per heavy atom. The topological polar surface area (TPSA) is 55.4 Å². The molecule has 1 N–H and O–H groups in total. The highest BCUT2D eigenvalue weighted by molar-refractivity contribution is 8.00. The fraction of sp³-hybridized carbons (Fsp3) is 0.364. The Hall–Kier alpha value is -2.27. The number of aryl methyl sites for hydroxylation is 3. The van der Waals surface area contributed by atoms with Crippen molar-refractivity contribution in [3.05, 3.63) is 64.7 Å². The van der Waals surface area contributed by atoms with E-state index in [1.165, 1.54) is 40.4 Å². The first-order valence-corrected chi connectivity index (χ1v) is 10.3. The van der Waals surface area contributed by atoms with Crippen molar-refractivity contribution in [3.63, 3.8) is 0 Å². The van der Waals surface area contributed by atoms with Gasteiger partial charge in [0.1, 0.15) is 0 Å². The van der Waals surface area contributed by atoms with Crippen LogP contribution < -0.4 is 5.32 Å². The van der Waals surface area contributed by atoms with Crippen LogP contribution in [0.1, 0.15) is 28.7 Å². The first kappa shape index (κ1) is 19.5. The molecule has 0 saturated heterocycles. The molecule has 142 valence electrons. The normalized spacial score (nSPS) is 12.5. The molecular weight excluding hydrogens is 358 g/mol. The highest BCUT2D eigenvalue weighted by Crippen LogP contribution is 2.27. The molecule has 0 heterocycles. The molecule has 0 saturated carbocycles. The zero-order chi connectivity index (χ0) is 19.1. The number of fused-ring (bicyclic) bond motifs is 1. The van der Waals surface area contributed by atoms with Gasteiger partial charge >= 0.3 is 5.97 Å². The predicted molar refractivity (Wildman–Crippen MR) is 108 cm³/mol. The van der Waals surface area contributed by atoms with Gasteiger partial charge in [0.05, 0.1) is 5.75 Å². The third-order valence-corrected chi connectivity index (χ3v) is 5.74. The van der Waals surface area contributed by atoms with Crippen LogP contribution in [-0.2, 0) is 33.6 Å². The Balaban J connectivity index is 1.32. The SMILES string of the molecule is Cc1ccccc1CCNC(=O)COC(=O)CSc1ccc2c(c1)CCC2. The summed E-state index contributed by atoms with van der Waals surface area (Å²) < 4.78 is 5.07. The Labute approximate surface area is 164 Å². The number of hydrogen-bond acceptors (Lipinski definition) is 4. The van der Waals surface area contributed by atoms with Gasteiger partial charge < -0.3 is 10.1 Å². The molecule has 0 spiro atoms. The molecule has 0 aliphatic heterocycles. The van der Waals surface area contributed by atoms with E-state index in [0.717, 1.165) is 24.2 Å². The molecule has 0 aromatic heterocycles. The number of carbonyl (C=O) groups is 2. The highest BCUT2D eigenvalue weighted by Gasteiger charge is 2.12. The molecule has 0 bridgehead atoms. The molecule has 2 aromatic rings. The summed E-state index contributed by atoms with van der Waals surface area (Å²) in [6.07, 6.45) is 4.25. The Morgan fingerprint density at radius 2 is 1.93 bits per heavy atom. The quantitative estimate of drug-likeness (QED) is 0.560. The summed E-state index contributed by atoms with van der Waals surface area (Å²) >= 11 is 1.46. The molecular formula is C22H25NO3S. The van der Waals surface area contributed by atoms with Crippen molar-refractivity contribution in [2.75, 3.05) is 18.9 Å². The highest BCUT2D eigenvalue weighted by atomic mass is 32.2. The molecule has 2 aromatic carbocycles. The number of rotatable bonds is 8.